The third-order valence-corrected chi connectivity index (χ3v) is 5.30. The summed E-state index contributed by atoms with van der Waals surface area (Å²) in [6.45, 7) is 6.50. The molecule has 3 rings (SSSR count). The van der Waals surface area contributed by atoms with Gasteiger partial charge in [0.2, 0.25) is 0 Å². The SMILES string of the molecule is CCCCOC(=O)c1cccc(N2C(=O)C(Cl)=C(Nc3ccc(C(C)C)cc3)C2=O)c1. The van der Waals surface area contributed by atoms with Crippen molar-refractivity contribution in [3.63, 3.8) is 0 Å². The average Bonchev–Trinajstić information content (AvgIpc) is 2.97. The molecule has 0 aromatic heterocycles. The number of hydrogen-bond donors (Lipinski definition) is 1. The van der Waals surface area contributed by atoms with Crippen LogP contribution in [0.4, 0.5) is 11.4 Å². The van der Waals surface area contributed by atoms with Crippen LogP contribution in [-0.2, 0) is 14.3 Å². The lowest BCUT2D eigenvalue weighted by molar-refractivity contribution is -0.120. The first-order chi connectivity index (χ1) is 14.8. The van der Waals surface area contributed by atoms with E-state index in [1.165, 1.54) is 6.07 Å². The number of nitrogens with one attached hydrogen (secondary N) is 1. The van der Waals surface area contributed by atoms with Crippen molar-refractivity contribution in [3.8, 4) is 0 Å². The summed E-state index contributed by atoms with van der Waals surface area (Å²) in [5, 5.41) is 2.75. The largest absolute Gasteiger partial charge is 0.462 e. The molecule has 0 fully saturated rings. The fourth-order valence-electron chi connectivity index (χ4n) is 3.11. The van der Waals surface area contributed by atoms with Crippen LogP contribution in [0.15, 0.2) is 59.3 Å². The summed E-state index contributed by atoms with van der Waals surface area (Å²) in [5.74, 6) is -1.36. The predicted octanol–water partition coefficient (Wildman–Crippen LogP) is 5.20. The van der Waals surface area contributed by atoms with Gasteiger partial charge in [0.1, 0.15) is 10.7 Å². The number of halogens is 1. The Bertz CT molecular complexity index is 1030. The molecule has 0 atom stereocenters. The molecule has 2 amide bonds. The maximum Gasteiger partial charge on any atom is 0.338 e. The van der Waals surface area contributed by atoms with E-state index < -0.39 is 17.8 Å². The Balaban J connectivity index is 1.79. The van der Waals surface area contributed by atoms with Crippen LogP contribution in [0, 0.1) is 0 Å². The number of esters is 1. The van der Waals surface area contributed by atoms with Crippen LogP contribution in [0.5, 0.6) is 0 Å². The van der Waals surface area contributed by atoms with E-state index >= 15 is 0 Å². The van der Waals surface area contributed by atoms with Crippen molar-refractivity contribution >= 4 is 40.8 Å². The summed E-state index contributed by atoms with van der Waals surface area (Å²) >= 11 is 6.20. The van der Waals surface area contributed by atoms with Gasteiger partial charge < -0.3 is 10.1 Å². The second-order valence-corrected chi connectivity index (χ2v) is 7.95. The highest BCUT2D eigenvalue weighted by molar-refractivity contribution is 6.53. The van der Waals surface area contributed by atoms with E-state index in [0.29, 0.717) is 18.2 Å². The second-order valence-electron chi connectivity index (χ2n) is 7.58. The fourth-order valence-corrected chi connectivity index (χ4v) is 3.32. The molecule has 2 aromatic rings. The van der Waals surface area contributed by atoms with Crippen molar-refractivity contribution < 1.29 is 19.1 Å². The van der Waals surface area contributed by atoms with Gasteiger partial charge in [-0.15, -0.1) is 0 Å². The van der Waals surface area contributed by atoms with Gasteiger partial charge >= 0.3 is 5.97 Å². The van der Waals surface area contributed by atoms with Crippen molar-refractivity contribution in [3.05, 3.63) is 70.4 Å². The van der Waals surface area contributed by atoms with E-state index in [4.69, 9.17) is 16.3 Å². The molecule has 1 N–H and O–H groups in total. The van der Waals surface area contributed by atoms with Crippen LogP contribution in [0.2, 0.25) is 0 Å². The number of ether oxygens (including phenoxy) is 1. The van der Waals surface area contributed by atoms with Crippen molar-refractivity contribution in [2.45, 2.75) is 39.5 Å². The van der Waals surface area contributed by atoms with E-state index in [9.17, 15) is 14.4 Å². The third-order valence-electron chi connectivity index (χ3n) is 4.95. The van der Waals surface area contributed by atoms with Crippen molar-refractivity contribution in [1.29, 1.82) is 0 Å². The zero-order chi connectivity index (χ0) is 22.5. The van der Waals surface area contributed by atoms with Gasteiger partial charge in [-0.1, -0.05) is 57.0 Å². The molecule has 0 unspecified atom stereocenters. The predicted molar refractivity (Wildman–Crippen MR) is 121 cm³/mol. The molecular formula is C24H25ClN2O4. The summed E-state index contributed by atoms with van der Waals surface area (Å²) in [6, 6.07) is 13.8. The molecule has 0 saturated carbocycles. The summed E-state index contributed by atoms with van der Waals surface area (Å²) in [6.07, 6.45) is 1.67. The Hall–Kier alpha value is -3.12. The number of benzene rings is 2. The van der Waals surface area contributed by atoms with Gasteiger partial charge in [-0.25, -0.2) is 9.69 Å². The lowest BCUT2D eigenvalue weighted by atomic mass is 10.0. The molecule has 0 bridgehead atoms. The maximum atomic E-state index is 13.0. The first kappa shape index (κ1) is 22.6. The van der Waals surface area contributed by atoms with E-state index in [1.807, 2.05) is 31.2 Å². The molecule has 0 aliphatic carbocycles. The van der Waals surface area contributed by atoms with E-state index in [1.54, 1.807) is 18.2 Å². The van der Waals surface area contributed by atoms with Crippen LogP contribution in [0.1, 0.15) is 55.5 Å². The highest BCUT2D eigenvalue weighted by Crippen LogP contribution is 2.31. The number of unbranched alkanes of at least 4 members (excludes halogenated alkanes) is 1. The van der Waals surface area contributed by atoms with Gasteiger partial charge in [-0.3, -0.25) is 9.59 Å². The van der Waals surface area contributed by atoms with Crippen LogP contribution in [0.3, 0.4) is 0 Å². The Labute approximate surface area is 186 Å². The molecule has 31 heavy (non-hydrogen) atoms. The monoisotopic (exact) mass is 440 g/mol. The minimum absolute atomic E-state index is 0.000103. The van der Waals surface area contributed by atoms with E-state index in [2.05, 4.69) is 19.2 Å². The number of carbonyl (C=O) groups excluding carboxylic acids is 3. The molecule has 0 radical (unpaired) electrons. The molecule has 162 valence electrons. The van der Waals surface area contributed by atoms with Gasteiger partial charge in [-0.05, 0) is 48.2 Å². The van der Waals surface area contributed by atoms with Gasteiger partial charge in [0.15, 0.2) is 0 Å². The van der Waals surface area contributed by atoms with Crippen LogP contribution >= 0.6 is 11.6 Å². The lowest BCUT2D eigenvalue weighted by Gasteiger charge is -2.16. The number of anilines is 2. The quantitative estimate of drug-likeness (QED) is 0.346. The van der Waals surface area contributed by atoms with Gasteiger partial charge in [0.05, 0.1) is 17.9 Å². The zero-order valence-corrected chi connectivity index (χ0v) is 18.5. The number of carbonyl (C=O) groups is 3. The summed E-state index contributed by atoms with van der Waals surface area (Å²) in [4.78, 5) is 38.9. The molecule has 1 aliphatic rings. The molecular weight excluding hydrogens is 416 g/mol. The van der Waals surface area contributed by atoms with Gasteiger partial charge in [0.25, 0.3) is 11.8 Å². The van der Waals surface area contributed by atoms with Crippen LogP contribution in [0.25, 0.3) is 0 Å². The normalized spacial score (nSPS) is 13.9. The third kappa shape index (κ3) is 4.97. The highest BCUT2D eigenvalue weighted by atomic mass is 35.5. The maximum absolute atomic E-state index is 13.0. The minimum Gasteiger partial charge on any atom is -0.462 e. The smallest absolute Gasteiger partial charge is 0.338 e. The minimum atomic E-state index is -0.649. The summed E-state index contributed by atoms with van der Waals surface area (Å²) < 4.78 is 5.21. The van der Waals surface area contributed by atoms with Crippen molar-refractivity contribution in [2.24, 2.45) is 0 Å². The molecule has 0 spiro atoms. The lowest BCUT2D eigenvalue weighted by Crippen LogP contribution is -2.32. The standard InChI is InChI=1S/C24H25ClN2O4/c1-4-5-13-31-24(30)17-7-6-8-19(14-17)27-22(28)20(25)21(23(27)29)26-18-11-9-16(10-12-18)15(2)3/h6-12,14-15,26H,4-5,13H2,1-3H3. The number of nitrogens with zero attached hydrogens (tertiary/aromatic N) is 1. The zero-order valence-electron chi connectivity index (χ0n) is 17.8. The molecule has 1 aliphatic heterocycles. The number of rotatable bonds is 8. The molecule has 0 saturated heterocycles. The Kier molecular flexibility index (Phi) is 7.13. The Morgan fingerprint density at radius 2 is 1.81 bits per heavy atom. The molecule has 2 aromatic carbocycles. The average molecular weight is 441 g/mol. The topological polar surface area (TPSA) is 75.7 Å². The summed E-state index contributed by atoms with van der Waals surface area (Å²) in [7, 11) is 0. The molecule has 6 nitrogen and oxygen atoms in total. The first-order valence-electron chi connectivity index (χ1n) is 10.3. The number of amides is 2. The molecule has 7 heteroatoms. The van der Waals surface area contributed by atoms with Crippen LogP contribution in [-0.4, -0.2) is 24.4 Å². The highest BCUT2D eigenvalue weighted by Gasteiger charge is 2.39. The number of imide groups is 1. The Morgan fingerprint density at radius 3 is 2.45 bits per heavy atom. The van der Waals surface area contributed by atoms with E-state index in [0.717, 1.165) is 23.3 Å². The fraction of sp³-hybridized carbons (Fsp3) is 0.292. The number of hydrogen-bond acceptors (Lipinski definition) is 5. The van der Waals surface area contributed by atoms with Crippen LogP contribution < -0.4 is 10.2 Å². The van der Waals surface area contributed by atoms with Crippen molar-refractivity contribution in [1.82, 2.24) is 0 Å². The van der Waals surface area contributed by atoms with Crippen molar-refractivity contribution in [2.75, 3.05) is 16.8 Å². The first-order valence-corrected chi connectivity index (χ1v) is 10.6. The van der Waals surface area contributed by atoms with E-state index in [-0.39, 0.29) is 22.0 Å². The van der Waals surface area contributed by atoms with Gasteiger partial charge in [0, 0.05) is 5.69 Å². The molecule has 1 heterocycles. The summed E-state index contributed by atoms with van der Waals surface area (Å²) in [5.41, 5.74) is 2.32. The second kappa shape index (κ2) is 9.79. The Morgan fingerprint density at radius 1 is 1.10 bits per heavy atom. The van der Waals surface area contributed by atoms with Gasteiger partial charge in [-0.2, -0.15) is 0 Å².